The fourth-order valence-electron chi connectivity index (χ4n) is 0.508. The minimum atomic E-state index is -0.833. The summed E-state index contributed by atoms with van der Waals surface area (Å²) >= 11 is 0. The van der Waals surface area contributed by atoms with E-state index in [0.717, 1.165) is 5.75 Å². The molecule has 1 aromatic carbocycles. The van der Waals surface area contributed by atoms with Crippen molar-refractivity contribution < 1.29 is 33.7 Å². The summed E-state index contributed by atoms with van der Waals surface area (Å²) in [5.74, 6) is 0.878. The maximum absolute atomic E-state index is 8.46. The molecule has 0 unspecified atom stereocenters. The molecule has 0 aliphatic heterocycles. The Morgan fingerprint density at radius 1 is 1.50 bits per heavy atom. The third-order valence-electron chi connectivity index (χ3n) is 0.923. The van der Waals surface area contributed by atoms with Crippen LogP contribution in [-0.2, 0) is 24.0 Å². The van der Waals surface area contributed by atoms with Gasteiger partial charge in [-0.2, -0.15) is 18.2 Å². The Balaban J connectivity index is 0. The van der Waals surface area contributed by atoms with Gasteiger partial charge in [-0.1, -0.05) is 0 Å². The molecule has 12 heavy (non-hydrogen) atoms. The maximum atomic E-state index is 8.46. The standard InChI is InChI=1S/C7H7O.HO2P.Zn/c1-8-7-5-3-2-4-6-7;1-3-2;/h3-6H,1H3;(H,1,2);/q-1;;. The molecule has 62 valence electrons. The van der Waals surface area contributed by atoms with Gasteiger partial charge in [-0.25, -0.2) is 4.57 Å². The summed E-state index contributed by atoms with van der Waals surface area (Å²) in [7, 11) is 0.815. The quantitative estimate of drug-likeness (QED) is 0.458. The van der Waals surface area contributed by atoms with Crippen molar-refractivity contribution in [1.82, 2.24) is 0 Å². The van der Waals surface area contributed by atoms with Crippen LogP contribution in [0.25, 0.3) is 0 Å². The molecule has 1 N–H and O–H groups in total. The van der Waals surface area contributed by atoms with Crippen LogP contribution in [0.15, 0.2) is 24.3 Å². The van der Waals surface area contributed by atoms with Crippen molar-refractivity contribution in [3.05, 3.63) is 30.3 Å². The summed E-state index contributed by atoms with van der Waals surface area (Å²) < 4.78 is 13.4. The molecule has 1 aromatic rings. The minimum Gasteiger partial charge on any atom is -0.522 e. The minimum absolute atomic E-state index is 0. The summed E-state index contributed by atoms with van der Waals surface area (Å²) in [5, 5.41) is 0. The van der Waals surface area contributed by atoms with Crippen LogP contribution in [0.3, 0.4) is 0 Å². The predicted octanol–water partition coefficient (Wildman–Crippen LogP) is 1.68. The Morgan fingerprint density at radius 2 is 1.92 bits per heavy atom. The van der Waals surface area contributed by atoms with Gasteiger partial charge in [-0.3, -0.25) is 0 Å². The van der Waals surface area contributed by atoms with Gasteiger partial charge in [0.05, 0.1) is 7.11 Å². The number of methoxy groups -OCH3 is 1. The van der Waals surface area contributed by atoms with Gasteiger partial charge in [0.25, 0.3) is 0 Å². The number of hydrogen-bond acceptors (Lipinski definition) is 2. The first-order valence-electron chi connectivity index (χ1n) is 2.82. The summed E-state index contributed by atoms with van der Waals surface area (Å²) in [4.78, 5) is 6.99. The van der Waals surface area contributed by atoms with Gasteiger partial charge in [-0.05, 0) is 0 Å². The average Bonchev–Trinajstić information content (AvgIpc) is 2.08. The summed E-state index contributed by atoms with van der Waals surface area (Å²) in [6.45, 7) is 0. The van der Waals surface area contributed by atoms with Gasteiger partial charge in [0, 0.05) is 25.2 Å². The van der Waals surface area contributed by atoms with Crippen molar-refractivity contribution in [2.45, 2.75) is 0 Å². The third-order valence-corrected chi connectivity index (χ3v) is 0.923. The zero-order valence-electron chi connectivity index (χ0n) is 6.73. The SMILES string of the molecule is COc1cc[c-]cc1.O=PO.[Zn]. The zero-order chi connectivity index (χ0) is 8.53. The van der Waals surface area contributed by atoms with E-state index in [1.165, 1.54) is 0 Å². The van der Waals surface area contributed by atoms with Crippen molar-refractivity contribution >= 4 is 8.69 Å². The Morgan fingerprint density at radius 3 is 2.17 bits per heavy atom. The average molecular weight is 237 g/mol. The molecule has 0 aliphatic rings. The van der Waals surface area contributed by atoms with Crippen LogP contribution in [0, 0.1) is 6.07 Å². The van der Waals surface area contributed by atoms with Gasteiger partial charge in [0.2, 0.25) is 0 Å². The van der Waals surface area contributed by atoms with E-state index >= 15 is 0 Å². The van der Waals surface area contributed by atoms with Gasteiger partial charge >= 0.3 is 8.69 Å². The van der Waals surface area contributed by atoms with Gasteiger partial charge in [0.1, 0.15) is 0 Å². The van der Waals surface area contributed by atoms with Crippen LogP contribution in [0.2, 0.25) is 0 Å². The smallest absolute Gasteiger partial charge is 0.324 e. The number of rotatable bonds is 1. The molecule has 0 saturated carbocycles. The van der Waals surface area contributed by atoms with Crippen LogP contribution in [-0.4, -0.2) is 12.0 Å². The molecule has 1 rings (SSSR count). The van der Waals surface area contributed by atoms with E-state index in [-0.39, 0.29) is 19.5 Å². The van der Waals surface area contributed by atoms with Crippen molar-refractivity contribution in [3.63, 3.8) is 0 Å². The Labute approximate surface area is 85.8 Å². The third kappa shape index (κ3) is 7.81. The molecule has 0 saturated heterocycles. The second kappa shape index (κ2) is 10.7. The summed E-state index contributed by atoms with van der Waals surface area (Å²) in [6.07, 6.45) is 0. The first-order chi connectivity index (χ1) is 5.35. The molecule has 0 heterocycles. The van der Waals surface area contributed by atoms with E-state index < -0.39 is 8.69 Å². The molecule has 0 aromatic heterocycles. The molecular weight excluding hydrogens is 228 g/mol. The molecular formula is C7H8O3PZn-. The Kier molecular flexibility index (Phi) is 12.7. The fraction of sp³-hybridized carbons (Fsp3) is 0.143. The molecule has 3 nitrogen and oxygen atoms in total. The molecule has 0 bridgehead atoms. The Bertz CT molecular complexity index is 193. The molecule has 0 amide bonds. The molecule has 0 atom stereocenters. The van der Waals surface area contributed by atoms with Crippen LogP contribution >= 0.6 is 8.69 Å². The normalized spacial score (nSPS) is 7.50. The molecule has 0 fully saturated rings. The topological polar surface area (TPSA) is 46.5 Å². The second-order valence-corrected chi connectivity index (χ2v) is 1.68. The second-order valence-electron chi connectivity index (χ2n) is 1.52. The van der Waals surface area contributed by atoms with E-state index in [0.29, 0.717) is 0 Å². The number of ether oxygens (including phenoxy) is 1. The van der Waals surface area contributed by atoms with Crippen molar-refractivity contribution in [2.24, 2.45) is 0 Å². The van der Waals surface area contributed by atoms with Crippen molar-refractivity contribution in [1.29, 1.82) is 0 Å². The monoisotopic (exact) mass is 235 g/mol. The van der Waals surface area contributed by atoms with Crippen molar-refractivity contribution in [2.75, 3.05) is 7.11 Å². The van der Waals surface area contributed by atoms with Gasteiger partial charge in [0.15, 0.2) is 0 Å². The zero-order valence-corrected chi connectivity index (χ0v) is 10.6. The fourth-order valence-corrected chi connectivity index (χ4v) is 0.508. The van der Waals surface area contributed by atoms with Gasteiger partial charge in [-0.15, -0.1) is 12.1 Å². The first-order valence-corrected chi connectivity index (χ1v) is 3.58. The maximum Gasteiger partial charge on any atom is 0.324 e. The molecule has 5 heteroatoms. The van der Waals surface area contributed by atoms with Crippen LogP contribution in [0.1, 0.15) is 0 Å². The van der Waals surface area contributed by atoms with Crippen molar-refractivity contribution in [3.8, 4) is 5.75 Å². The molecule has 0 aliphatic carbocycles. The van der Waals surface area contributed by atoms with E-state index in [1.807, 2.05) is 24.3 Å². The Hall–Kier alpha value is -0.297. The molecule has 0 spiro atoms. The van der Waals surface area contributed by atoms with E-state index in [2.05, 4.69) is 6.07 Å². The molecule has 0 radical (unpaired) electrons. The van der Waals surface area contributed by atoms with Crippen LogP contribution < -0.4 is 4.74 Å². The number of benzene rings is 1. The first kappa shape index (κ1) is 14.2. The summed E-state index contributed by atoms with van der Waals surface area (Å²) in [6, 6.07) is 10.2. The predicted molar refractivity (Wildman–Crippen MR) is 41.7 cm³/mol. The van der Waals surface area contributed by atoms with E-state index in [4.69, 9.17) is 14.2 Å². The number of hydrogen-bond donors (Lipinski definition) is 1. The van der Waals surface area contributed by atoms with E-state index in [9.17, 15) is 0 Å². The summed E-state index contributed by atoms with van der Waals surface area (Å²) in [5.41, 5.74) is 0. The van der Waals surface area contributed by atoms with E-state index in [1.54, 1.807) is 7.11 Å². The van der Waals surface area contributed by atoms with Crippen LogP contribution in [0.5, 0.6) is 5.75 Å². The van der Waals surface area contributed by atoms with Crippen LogP contribution in [0.4, 0.5) is 0 Å². The largest absolute Gasteiger partial charge is 0.522 e. The van der Waals surface area contributed by atoms with Gasteiger partial charge < -0.3 is 9.63 Å².